The number of anilines is 3. The van der Waals surface area contributed by atoms with Gasteiger partial charge in [0.15, 0.2) is 0 Å². The van der Waals surface area contributed by atoms with E-state index in [4.69, 9.17) is 0 Å². The fourth-order valence-electron chi connectivity index (χ4n) is 3.08. The van der Waals surface area contributed by atoms with E-state index in [9.17, 15) is 18.0 Å². The van der Waals surface area contributed by atoms with Gasteiger partial charge in [-0.3, -0.25) is 4.79 Å². The second-order valence-electron chi connectivity index (χ2n) is 7.04. The first-order chi connectivity index (χ1) is 13.8. The lowest BCUT2D eigenvalue weighted by Gasteiger charge is -2.17. The summed E-state index contributed by atoms with van der Waals surface area (Å²) < 4.78 is 40.5. The minimum atomic E-state index is -4.49. The van der Waals surface area contributed by atoms with E-state index in [-0.39, 0.29) is 17.3 Å². The molecule has 2 aromatic carbocycles. The van der Waals surface area contributed by atoms with Crippen LogP contribution in [0.3, 0.4) is 0 Å². The van der Waals surface area contributed by atoms with Crippen LogP contribution in [0.25, 0.3) is 5.57 Å². The second kappa shape index (κ2) is 8.57. The van der Waals surface area contributed by atoms with Gasteiger partial charge in [0.25, 0.3) is 5.91 Å². The van der Waals surface area contributed by atoms with Gasteiger partial charge in [-0.05, 0) is 51.3 Å². The van der Waals surface area contributed by atoms with E-state index in [1.807, 2.05) is 19.0 Å². The minimum Gasteiger partial charge on any atom is -0.385 e. The number of hydrogen-bond acceptors (Lipinski definition) is 4. The fraction of sp³-hybridized carbons (Fsp3) is 0.286. The molecule has 3 N–H and O–H groups in total. The first-order valence-corrected chi connectivity index (χ1v) is 9.23. The van der Waals surface area contributed by atoms with Crippen LogP contribution in [0.2, 0.25) is 0 Å². The Hall–Kier alpha value is -3.00. The van der Waals surface area contributed by atoms with Crippen LogP contribution in [0.1, 0.15) is 17.5 Å². The van der Waals surface area contributed by atoms with Crippen LogP contribution in [0, 0.1) is 0 Å². The number of rotatable bonds is 7. The fourth-order valence-corrected chi connectivity index (χ4v) is 3.08. The lowest BCUT2D eigenvalue weighted by molar-refractivity contribution is -0.136. The topological polar surface area (TPSA) is 56.4 Å². The van der Waals surface area contributed by atoms with Gasteiger partial charge in [-0.2, -0.15) is 13.2 Å². The molecular weight excluding hydrogens is 381 g/mol. The maximum Gasteiger partial charge on any atom is 0.418 e. The van der Waals surface area contributed by atoms with Crippen molar-refractivity contribution in [3.63, 3.8) is 0 Å². The number of nitrogens with zero attached hydrogens (tertiary/aromatic N) is 1. The number of carbonyl (C=O) groups is 1. The number of alkyl halides is 3. The van der Waals surface area contributed by atoms with E-state index in [1.165, 1.54) is 12.3 Å². The van der Waals surface area contributed by atoms with Crippen molar-refractivity contribution in [2.24, 2.45) is 0 Å². The van der Waals surface area contributed by atoms with Crippen LogP contribution < -0.4 is 16.0 Å². The number of nitrogens with one attached hydrogen (secondary N) is 3. The highest BCUT2D eigenvalue weighted by atomic mass is 19.4. The molecule has 29 heavy (non-hydrogen) atoms. The predicted molar refractivity (Wildman–Crippen MR) is 110 cm³/mol. The Kier molecular flexibility index (Phi) is 6.12. The van der Waals surface area contributed by atoms with Crippen LogP contribution >= 0.6 is 0 Å². The minimum absolute atomic E-state index is 0.0402. The summed E-state index contributed by atoms with van der Waals surface area (Å²) in [6.45, 7) is 1.22. The Morgan fingerprint density at radius 1 is 1.14 bits per heavy atom. The SMILES string of the molecule is CN(C)CCCNc1ccc(NC=C2C(=O)Nc3ccccc32)cc1C(F)(F)F. The third-order valence-electron chi connectivity index (χ3n) is 4.52. The summed E-state index contributed by atoms with van der Waals surface area (Å²) in [7, 11) is 3.83. The molecule has 0 unspecified atom stereocenters. The zero-order valence-corrected chi connectivity index (χ0v) is 16.2. The molecule has 1 heterocycles. The van der Waals surface area contributed by atoms with Gasteiger partial charge in [-0.1, -0.05) is 18.2 Å². The molecule has 0 bridgehead atoms. The zero-order chi connectivity index (χ0) is 21.0. The number of carbonyl (C=O) groups excluding carboxylic acids is 1. The van der Waals surface area contributed by atoms with Gasteiger partial charge in [-0.25, -0.2) is 0 Å². The van der Waals surface area contributed by atoms with Gasteiger partial charge in [0, 0.05) is 35.4 Å². The summed E-state index contributed by atoms with van der Waals surface area (Å²) >= 11 is 0. The molecule has 5 nitrogen and oxygen atoms in total. The quantitative estimate of drug-likeness (QED) is 0.471. The standard InChI is InChI=1S/C21H23F3N4O/c1-28(2)11-5-10-25-19-9-8-14(12-17(19)21(22,23)24)26-13-16-15-6-3-4-7-18(15)27-20(16)29/h3-4,6-9,12-13,25-26H,5,10-11H2,1-2H3,(H,27,29). The van der Waals surface area contributed by atoms with E-state index in [2.05, 4.69) is 16.0 Å². The first-order valence-electron chi connectivity index (χ1n) is 9.23. The maximum absolute atomic E-state index is 13.5. The molecule has 1 aliphatic rings. The Morgan fingerprint density at radius 2 is 1.90 bits per heavy atom. The van der Waals surface area contributed by atoms with Gasteiger partial charge in [0.1, 0.15) is 0 Å². The molecule has 2 aromatic rings. The molecule has 1 aliphatic heterocycles. The smallest absolute Gasteiger partial charge is 0.385 e. The van der Waals surface area contributed by atoms with E-state index < -0.39 is 11.7 Å². The van der Waals surface area contributed by atoms with Gasteiger partial charge in [0.05, 0.1) is 11.1 Å². The molecule has 0 spiro atoms. The number of halogens is 3. The molecule has 0 radical (unpaired) electrons. The Morgan fingerprint density at radius 3 is 2.62 bits per heavy atom. The molecule has 8 heteroatoms. The normalized spacial score (nSPS) is 14.8. The third-order valence-corrected chi connectivity index (χ3v) is 4.52. The van der Waals surface area contributed by atoms with E-state index in [0.29, 0.717) is 23.4 Å². The summed E-state index contributed by atoms with van der Waals surface area (Å²) in [6.07, 6.45) is -2.34. The van der Waals surface area contributed by atoms with Crippen molar-refractivity contribution in [3.05, 3.63) is 59.8 Å². The summed E-state index contributed by atoms with van der Waals surface area (Å²) in [5.41, 5.74) is 1.31. The summed E-state index contributed by atoms with van der Waals surface area (Å²) in [5.74, 6) is -0.297. The number of fused-ring (bicyclic) bond motifs is 1. The van der Waals surface area contributed by atoms with Crippen molar-refractivity contribution >= 4 is 28.5 Å². The van der Waals surface area contributed by atoms with Crippen LogP contribution in [-0.2, 0) is 11.0 Å². The van der Waals surface area contributed by atoms with Crippen molar-refractivity contribution in [3.8, 4) is 0 Å². The number of amides is 1. The van der Waals surface area contributed by atoms with Crippen molar-refractivity contribution < 1.29 is 18.0 Å². The Labute approximate surface area is 167 Å². The Balaban J connectivity index is 1.78. The third kappa shape index (κ3) is 5.08. The van der Waals surface area contributed by atoms with E-state index in [1.54, 1.807) is 30.3 Å². The first kappa shape index (κ1) is 20.7. The molecular formula is C21H23F3N4O. The molecule has 0 fully saturated rings. The van der Waals surface area contributed by atoms with Crippen molar-refractivity contribution in [2.45, 2.75) is 12.6 Å². The van der Waals surface area contributed by atoms with Gasteiger partial charge < -0.3 is 20.9 Å². The summed E-state index contributed by atoms with van der Waals surface area (Å²) in [6, 6.07) is 11.2. The number of hydrogen-bond donors (Lipinski definition) is 3. The summed E-state index contributed by atoms with van der Waals surface area (Å²) in [5, 5.41) is 8.41. The highest BCUT2D eigenvalue weighted by Crippen LogP contribution is 2.37. The lowest BCUT2D eigenvalue weighted by atomic mass is 10.1. The van der Waals surface area contributed by atoms with Crippen LogP contribution in [0.5, 0.6) is 0 Å². The highest BCUT2D eigenvalue weighted by molar-refractivity contribution is 6.31. The molecule has 0 atom stereocenters. The van der Waals surface area contributed by atoms with Gasteiger partial charge >= 0.3 is 6.18 Å². The molecule has 0 saturated carbocycles. The van der Waals surface area contributed by atoms with Crippen molar-refractivity contribution in [2.75, 3.05) is 43.1 Å². The van der Waals surface area contributed by atoms with Crippen molar-refractivity contribution in [1.29, 1.82) is 0 Å². The average Bonchev–Trinajstić information content (AvgIpc) is 2.98. The molecule has 3 rings (SSSR count). The molecule has 154 valence electrons. The zero-order valence-electron chi connectivity index (χ0n) is 16.2. The molecule has 1 amide bonds. The Bertz CT molecular complexity index is 922. The van der Waals surface area contributed by atoms with Crippen LogP contribution in [-0.4, -0.2) is 38.0 Å². The number of benzene rings is 2. The second-order valence-corrected chi connectivity index (χ2v) is 7.04. The van der Waals surface area contributed by atoms with E-state index in [0.717, 1.165) is 19.0 Å². The monoisotopic (exact) mass is 404 g/mol. The van der Waals surface area contributed by atoms with Gasteiger partial charge in [-0.15, -0.1) is 0 Å². The maximum atomic E-state index is 13.5. The summed E-state index contributed by atoms with van der Waals surface area (Å²) in [4.78, 5) is 14.1. The van der Waals surface area contributed by atoms with E-state index >= 15 is 0 Å². The van der Waals surface area contributed by atoms with Crippen molar-refractivity contribution in [1.82, 2.24) is 4.90 Å². The average molecular weight is 404 g/mol. The molecule has 0 saturated heterocycles. The van der Waals surface area contributed by atoms with Gasteiger partial charge in [0.2, 0.25) is 0 Å². The highest BCUT2D eigenvalue weighted by Gasteiger charge is 2.34. The lowest BCUT2D eigenvalue weighted by Crippen LogP contribution is -2.17. The predicted octanol–water partition coefficient (Wildman–Crippen LogP) is 4.47. The van der Waals surface area contributed by atoms with Crippen LogP contribution in [0.15, 0.2) is 48.7 Å². The largest absolute Gasteiger partial charge is 0.418 e. The molecule has 0 aromatic heterocycles. The molecule has 0 aliphatic carbocycles. The van der Waals surface area contributed by atoms with Crippen LogP contribution in [0.4, 0.5) is 30.2 Å². The number of para-hydroxylation sites is 1.